The van der Waals surface area contributed by atoms with Crippen molar-refractivity contribution in [3.63, 3.8) is 0 Å². The zero-order valence-electron chi connectivity index (χ0n) is 9.57. The molecule has 0 amide bonds. The maximum Gasteiger partial charge on any atom is 0.306 e. The summed E-state index contributed by atoms with van der Waals surface area (Å²) < 4.78 is 4.56. The Balaban J connectivity index is 2.94. The Kier molecular flexibility index (Phi) is 3.42. The third-order valence-electron chi connectivity index (χ3n) is 2.49. The maximum atomic E-state index is 11.6. The van der Waals surface area contributed by atoms with Gasteiger partial charge in [-0.15, -0.1) is 0 Å². The van der Waals surface area contributed by atoms with E-state index in [-0.39, 0.29) is 18.0 Å². The van der Waals surface area contributed by atoms with E-state index in [1.54, 1.807) is 13.8 Å². The van der Waals surface area contributed by atoms with E-state index < -0.39 is 11.4 Å². The molecule has 0 spiro atoms. The van der Waals surface area contributed by atoms with Gasteiger partial charge in [-0.2, -0.15) is 0 Å². The summed E-state index contributed by atoms with van der Waals surface area (Å²) in [4.78, 5) is 34.0. The Bertz CT molecular complexity index is 399. The van der Waals surface area contributed by atoms with E-state index in [1.165, 1.54) is 25.3 Å². The van der Waals surface area contributed by atoms with Gasteiger partial charge in [0.15, 0.2) is 11.6 Å². The van der Waals surface area contributed by atoms with Gasteiger partial charge in [-0.3, -0.25) is 14.4 Å². The first-order valence-electron chi connectivity index (χ1n) is 4.92. The van der Waals surface area contributed by atoms with Gasteiger partial charge in [0.25, 0.3) is 0 Å². The minimum absolute atomic E-state index is 0.0716. The molecule has 0 N–H and O–H groups in total. The van der Waals surface area contributed by atoms with Gasteiger partial charge in [-0.05, 0) is 18.2 Å². The van der Waals surface area contributed by atoms with Crippen molar-refractivity contribution in [2.45, 2.75) is 20.3 Å². The standard InChI is InChI=1S/C12H14O4/c1-12(2,7-11(15)16-3)9-6-8(13)4-5-10(9)14/h4-6H,7H2,1-3H3. The van der Waals surface area contributed by atoms with Gasteiger partial charge < -0.3 is 4.74 Å². The molecule has 16 heavy (non-hydrogen) atoms. The fraction of sp³-hybridized carbons (Fsp3) is 0.417. The molecule has 0 bridgehead atoms. The van der Waals surface area contributed by atoms with Crippen molar-refractivity contribution in [1.29, 1.82) is 0 Å². The van der Waals surface area contributed by atoms with Gasteiger partial charge >= 0.3 is 5.97 Å². The number of allylic oxidation sites excluding steroid dienone is 4. The summed E-state index contributed by atoms with van der Waals surface area (Å²) in [5.41, 5.74) is -0.338. The molecule has 0 aromatic rings. The highest BCUT2D eigenvalue weighted by atomic mass is 16.5. The molecule has 4 nitrogen and oxygen atoms in total. The minimum atomic E-state index is -0.690. The van der Waals surface area contributed by atoms with Crippen molar-refractivity contribution in [3.05, 3.63) is 23.8 Å². The fourth-order valence-electron chi connectivity index (χ4n) is 1.57. The Labute approximate surface area is 94.0 Å². The van der Waals surface area contributed by atoms with Crippen molar-refractivity contribution in [3.8, 4) is 0 Å². The Morgan fingerprint density at radius 1 is 1.31 bits per heavy atom. The van der Waals surface area contributed by atoms with E-state index >= 15 is 0 Å². The van der Waals surface area contributed by atoms with Gasteiger partial charge in [-0.25, -0.2) is 0 Å². The third-order valence-corrected chi connectivity index (χ3v) is 2.49. The average Bonchev–Trinajstić information content (AvgIpc) is 2.20. The number of esters is 1. The molecule has 4 heteroatoms. The van der Waals surface area contributed by atoms with Crippen LogP contribution in [0.4, 0.5) is 0 Å². The third kappa shape index (κ3) is 2.66. The van der Waals surface area contributed by atoms with Crippen LogP contribution in [0.3, 0.4) is 0 Å². The second-order valence-corrected chi connectivity index (χ2v) is 4.29. The van der Waals surface area contributed by atoms with E-state index in [2.05, 4.69) is 4.74 Å². The molecule has 0 unspecified atom stereocenters. The lowest BCUT2D eigenvalue weighted by molar-refractivity contribution is -0.142. The van der Waals surface area contributed by atoms with Crippen LogP contribution in [0, 0.1) is 5.41 Å². The first-order chi connectivity index (χ1) is 7.36. The topological polar surface area (TPSA) is 60.4 Å². The normalized spacial score (nSPS) is 16.1. The molecule has 0 saturated heterocycles. The van der Waals surface area contributed by atoms with E-state index in [9.17, 15) is 14.4 Å². The van der Waals surface area contributed by atoms with Crippen LogP contribution in [0.15, 0.2) is 23.8 Å². The average molecular weight is 222 g/mol. The second kappa shape index (κ2) is 4.43. The predicted molar refractivity (Wildman–Crippen MR) is 57.7 cm³/mol. The second-order valence-electron chi connectivity index (χ2n) is 4.29. The lowest BCUT2D eigenvalue weighted by Gasteiger charge is -2.26. The molecule has 0 saturated carbocycles. The van der Waals surface area contributed by atoms with Crippen LogP contribution in [0.25, 0.3) is 0 Å². The number of carbonyl (C=O) groups is 3. The van der Waals surface area contributed by atoms with Crippen LogP contribution in [0.5, 0.6) is 0 Å². The van der Waals surface area contributed by atoms with Crippen LogP contribution < -0.4 is 0 Å². The number of rotatable bonds is 3. The number of ketones is 2. The smallest absolute Gasteiger partial charge is 0.306 e. The Morgan fingerprint density at radius 2 is 1.94 bits per heavy atom. The zero-order valence-corrected chi connectivity index (χ0v) is 9.57. The molecule has 0 fully saturated rings. The predicted octanol–water partition coefficient (Wildman–Crippen LogP) is 1.21. The van der Waals surface area contributed by atoms with Gasteiger partial charge in [0.1, 0.15) is 0 Å². The van der Waals surface area contributed by atoms with Crippen molar-refractivity contribution in [2.24, 2.45) is 5.41 Å². The monoisotopic (exact) mass is 222 g/mol. The first-order valence-corrected chi connectivity index (χ1v) is 4.92. The van der Waals surface area contributed by atoms with Gasteiger partial charge in [0.05, 0.1) is 13.5 Å². The summed E-state index contributed by atoms with van der Waals surface area (Å²) in [6, 6.07) is 0. The summed E-state index contributed by atoms with van der Waals surface area (Å²) in [5, 5.41) is 0. The summed E-state index contributed by atoms with van der Waals surface area (Å²) >= 11 is 0. The summed E-state index contributed by atoms with van der Waals surface area (Å²) in [5.74, 6) is -0.859. The van der Waals surface area contributed by atoms with Crippen molar-refractivity contribution < 1.29 is 19.1 Å². The summed E-state index contributed by atoms with van der Waals surface area (Å²) in [6.45, 7) is 3.47. The molecule has 0 heterocycles. The van der Waals surface area contributed by atoms with Crippen LogP contribution in [-0.2, 0) is 19.1 Å². The lowest BCUT2D eigenvalue weighted by Crippen LogP contribution is -2.26. The van der Waals surface area contributed by atoms with Crippen molar-refractivity contribution in [2.75, 3.05) is 7.11 Å². The Hall–Kier alpha value is -1.71. The Morgan fingerprint density at radius 3 is 2.50 bits per heavy atom. The summed E-state index contributed by atoms with van der Waals surface area (Å²) in [7, 11) is 1.29. The molecule has 86 valence electrons. The van der Waals surface area contributed by atoms with Gasteiger partial charge in [0, 0.05) is 11.0 Å². The van der Waals surface area contributed by atoms with Crippen molar-refractivity contribution >= 4 is 17.5 Å². The molecule has 0 aromatic carbocycles. The molecular weight excluding hydrogens is 208 g/mol. The summed E-state index contributed by atoms with van der Waals surface area (Å²) in [6.07, 6.45) is 3.81. The van der Waals surface area contributed by atoms with Crippen LogP contribution in [0.2, 0.25) is 0 Å². The molecule has 0 radical (unpaired) electrons. The van der Waals surface area contributed by atoms with Crippen LogP contribution in [-0.4, -0.2) is 24.6 Å². The first kappa shape index (κ1) is 12.4. The molecule has 0 atom stereocenters. The van der Waals surface area contributed by atoms with E-state index in [0.717, 1.165) is 0 Å². The van der Waals surface area contributed by atoms with E-state index in [0.29, 0.717) is 5.57 Å². The number of hydrogen-bond donors (Lipinski definition) is 0. The highest BCUT2D eigenvalue weighted by molar-refractivity contribution is 6.18. The zero-order chi connectivity index (χ0) is 12.3. The maximum absolute atomic E-state index is 11.6. The fourth-order valence-corrected chi connectivity index (χ4v) is 1.57. The van der Waals surface area contributed by atoms with Gasteiger partial charge in [-0.1, -0.05) is 13.8 Å². The molecule has 1 rings (SSSR count). The number of hydrogen-bond acceptors (Lipinski definition) is 4. The SMILES string of the molecule is COC(=O)CC(C)(C)C1=CC(=O)C=CC1=O. The highest BCUT2D eigenvalue weighted by Crippen LogP contribution is 2.32. The van der Waals surface area contributed by atoms with Gasteiger partial charge in [0.2, 0.25) is 0 Å². The number of ether oxygens (including phenoxy) is 1. The van der Waals surface area contributed by atoms with Crippen LogP contribution >= 0.6 is 0 Å². The molecule has 1 aliphatic carbocycles. The number of methoxy groups -OCH3 is 1. The minimum Gasteiger partial charge on any atom is -0.469 e. The van der Waals surface area contributed by atoms with Crippen molar-refractivity contribution in [1.82, 2.24) is 0 Å². The lowest BCUT2D eigenvalue weighted by atomic mass is 9.77. The molecule has 1 aliphatic rings. The van der Waals surface area contributed by atoms with E-state index in [1.807, 2.05) is 0 Å². The van der Waals surface area contributed by atoms with Crippen LogP contribution in [0.1, 0.15) is 20.3 Å². The quantitative estimate of drug-likeness (QED) is 0.532. The molecule has 0 aliphatic heterocycles. The molecule has 0 aromatic heterocycles. The highest BCUT2D eigenvalue weighted by Gasteiger charge is 2.32. The number of carbonyl (C=O) groups excluding carboxylic acids is 3. The van der Waals surface area contributed by atoms with E-state index in [4.69, 9.17) is 0 Å². The molecular formula is C12H14O4. The largest absolute Gasteiger partial charge is 0.469 e.